The van der Waals surface area contributed by atoms with Gasteiger partial charge >= 0.3 is 5.97 Å². The second-order valence-corrected chi connectivity index (χ2v) is 5.64. The molecule has 1 heterocycles. The van der Waals surface area contributed by atoms with E-state index >= 15 is 0 Å². The normalized spacial score (nSPS) is 10.7. The van der Waals surface area contributed by atoms with Gasteiger partial charge in [-0.3, -0.25) is 4.79 Å². The van der Waals surface area contributed by atoms with Crippen LogP contribution in [0.25, 0.3) is 0 Å². The molecule has 0 unspecified atom stereocenters. The molecule has 102 valence electrons. The maximum absolute atomic E-state index is 11.0. The van der Waals surface area contributed by atoms with Gasteiger partial charge in [0.05, 0.1) is 19.2 Å². The first kappa shape index (κ1) is 15.0. The van der Waals surface area contributed by atoms with Crippen LogP contribution in [-0.4, -0.2) is 31.7 Å². The largest absolute Gasteiger partial charge is 0.469 e. The molecule has 0 N–H and O–H groups in total. The summed E-state index contributed by atoms with van der Waals surface area (Å²) in [6, 6.07) is 0. The van der Waals surface area contributed by atoms with E-state index in [-0.39, 0.29) is 5.97 Å². The summed E-state index contributed by atoms with van der Waals surface area (Å²) in [5.41, 5.74) is 0.969. The second-order valence-electron chi connectivity index (χ2n) is 4.80. The van der Waals surface area contributed by atoms with E-state index in [0.717, 1.165) is 23.8 Å². The molecule has 0 aliphatic carbocycles. The summed E-state index contributed by atoms with van der Waals surface area (Å²) in [6.45, 7) is 5.45. The summed E-state index contributed by atoms with van der Waals surface area (Å²) >= 11 is 1.63. The van der Waals surface area contributed by atoms with Crippen LogP contribution in [0.1, 0.15) is 32.4 Å². The van der Waals surface area contributed by atoms with Crippen LogP contribution in [0, 0.1) is 5.92 Å². The van der Waals surface area contributed by atoms with Crippen LogP contribution in [0.4, 0.5) is 5.13 Å². The van der Waals surface area contributed by atoms with Crippen molar-refractivity contribution in [2.24, 2.45) is 5.92 Å². The first-order chi connectivity index (χ1) is 8.52. The molecule has 0 spiro atoms. The Labute approximate surface area is 113 Å². The molecule has 1 aromatic rings. The van der Waals surface area contributed by atoms with Crippen molar-refractivity contribution in [1.82, 2.24) is 4.98 Å². The van der Waals surface area contributed by atoms with Crippen molar-refractivity contribution >= 4 is 22.4 Å². The average molecular weight is 270 g/mol. The number of aromatic nitrogens is 1. The molecule has 0 amide bonds. The van der Waals surface area contributed by atoms with E-state index in [1.54, 1.807) is 11.3 Å². The summed E-state index contributed by atoms with van der Waals surface area (Å²) in [5, 5.41) is 3.04. The first-order valence-corrected chi connectivity index (χ1v) is 7.13. The number of carbonyl (C=O) groups excluding carboxylic acids is 1. The molecule has 0 bridgehead atoms. The molecule has 0 aliphatic heterocycles. The lowest BCUT2D eigenvalue weighted by Gasteiger charge is -2.16. The van der Waals surface area contributed by atoms with Gasteiger partial charge in [0.1, 0.15) is 0 Å². The van der Waals surface area contributed by atoms with E-state index in [4.69, 9.17) is 0 Å². The SMILES string of the molecule is COC(=O)CCc1csc(N(C)CCC(C)C)n1. The number of rotatable bonds is 7. The molecule has 0 atom stereocenters. The number of aryl methyl sites for hydroxylation is 1. The Morgan fingerprint density at radius 3 is 2.89 bits per heavy atom. The number of ether oxygens (including phenoxy) is 1. The minimum absolute atomic E-state index is 0.183. The van der Waals surface area contributed by atoms with Crippen LogP contribution in [-0.2, 0) is 16.0 Å². The fourth-order valence-corrected chi connectivity index (χ4v) is 2.32. The molecule has 1 aromatic heterocycles. The second kappa shape index (κ2) is 7.36. The van der Waals surface area contributed by atoms with Crippen molar-refractivity contribution in [3.05, 3.63) is 11.1 Å². The predicted molar refractivity (Wildman–Crippen MR) is 75.2 cm³/mol. The standard InChI is InChI=1S/C13H22N2O2S/c1-10(2)7-8-15(3)13-14-11(9-18-13)5-6-12(16)17-4/h9-10H,5-8H2,1-4H3. The van der Waals surface area contributed by atoms with Gasteiger partial charge in [-0.2, -0.15) is 0 Å². The van der Waals surface area contributed by atoms with Crippen molar-refractivity contribution in [1.29, 1.82) is 0 Å². The molecule has 0 radical (unpaired) electrons. The highest BCUT2D eigenvalue weighted by Gasteiger charge is 2.09. The molecule has 1 rings (SSSR count). The Morgan fingerprint density at radius 2 is 2.28 bits per heavy atom. The van der Waals surface area contributed by atoms with Gasteiger partial charge in [0.2, 0.25) is 0 Å². The van der Waals surface area contributed by atoms with Crippen LogP contribution >= 0.6 is 11.3 Å². The summed E-state index contributed by atoms with van der Waals surface area (Å²) in [4.78, 5) is 17.8. The van der Waals surface area contributed by atoms with Gasteiger partial charge in [-0.25, -0.2) is 4.98 Å². The van der Waals surface area contributed by atoms with Crippen LogP contribution < -0.4 is 4.90 Å². The van der Waals surface area contributed by atoms with E-state index in [2.05, 4.69) is 35.5 Å². The zero-order chi connectivity index (χ0) is 13.5. The molecule has 0 fully saturated rings. The number of hydrogen-bond acceptors (Lipinski definition) is 5. The Kier molecular flexibility index (Phi) is 6.12. The highest BCUT2D eigenvalue weighted by atomic mass is 32.1. The van der Waals surface area contributed by atoms with Gasteiger partial charge < -0.3 is 9.64 Å². The lowest BCUT2D eigenvalue weighted by atomic mass is 10.1. The smallest absolute Gasteiger partial charge is 0.305 e. The average Bonchev–Trinajstić information content (AvgIpc) is 2.81. The molecule has 4 nitrogen and oxygen atoms in total. The number of anilines is 1. The van der Waals surface area contributed by atoms with Crippen molar-refractivity contribution in [3.63, 3.8) is 0 Å². The molecule has 0 aliphatic rings. The molecular formula is C13H22N2O2S. The van der Waals surface area contributed by atoms with Gasteiger partial charge in [-0.1, -0.05) is 13.8 Å². The highest BCUT2D eigenvalue weighted by molar-refractivity contribution is 7.13. The molecule has 18 heavy (non-hydrogen) atoms. The Bertz CT molecular complexity index is 377. The third-order valence-corrected chi connectivity index (χ3v) is 3.72. The van der Waals surface area contributed by atoms with Crippen molar-refractivity contribution in [3.8, 4) is 0 Å². The molecule has 0 saturated carbocycles. The minimum atomic E-state index is -0.183. The number of methoxy groups -OCH3 is 1. The van der Waals surface area contributed by atoms with Crippen LogP contribution in [0.15, 0.2) is 5.38 Å². The van der Waals surface area contributed by atoms with Crippen LogP contribution in [0.3, 0.4) is 0 Å². The number of thiazole rings is 1. The zero-order valence-corrected chi connectivity index (χ0v) is 12.4. The third-order valence-electron chi connectivity index (χ3n) is 2.72. The lowest BCUT2D eigenvalue weighted by molar-refractivity contribution is -0.140. The van der Waals surface area contributed by atoms with E-state index in [1.807, 2.05) is 5.38 Å². The number of carbonyl (C=O) groups is 1. The van der Waals surface area contributed by atoms with E-state index in [1.165, 1.54) is 7.11 Å². The molecule has 0 saturated heterocycles. The van der Waals surface area contributed by atoms with E-state index in [0.29, 0.717) is 18.8 Å². The number of esters is 1. The summed E-state index contributed by atoms with van der Waals surface area (Å²) in [7, 11) is 3.47. The monoisotopic (exact) mass is 270 g/mol. The minimum Gasteiger partial charge on any atom is -0.469 e. The molecule has 0 aromatic carbocycles. The summed E-state index contributed by atoms with van der Waals surface area (Å²) < 4.78 is 4.62. The van der Waals surface area contributed by atoms with Gasteiger partial charge in [-0.05, 0) is 12.3 Å². The van der Waals surface area contributed by atoms with Crippen molar-refractivity contribution in [2.45, 2.75) is 33.1 Å². The van der Waals surface area contributed by atoms with Crippen molar-refractivity contribution < 1.29 is 9.53 Å². The Hall–Kier alpha value is -1.10. The van der Waals surface area contributed by atoms with Crippen molar-refractivity contribution in [2.75, 3.05) is 25.6 Å². The van der Waals surface area contributed by atoms with Gasteiger partial charge in [0.25, 0.3) is 0 Å². The fraction of sp³-hybridized carbons (Fsp3) is 0.692. The topological polar surface area (TPSA) is 42.4 Å². The van der Waals surface area contributed by atoms with Gasteiger partial charge in [-0.15, -0.1) is 11.3 Å². The molecule has 5 heteroatoms. The van der Waals surface area contributed by atoms with Gasteiger partial charge in [0.15, 0.2) is 5.13 Å². The number of hydrogen-bond donors (Lipinski definition) is 0. The van der Waals surface area contributed by atoms with Gasteiger partial charge in [0, 0.05) is 25.4 Å². The predicted octanol–water partition coefficient (Wildman–Crippen LogP) is 2.73. The number of nitrogens with zero attached hydrogens (tertiary/aromatic N) is 2. The first-order valence-electron chi connectivity index (χ1n) is 6.25. The van der Waals surface area contributed by atoms with E-state index < -0.39 is 0 Å². The molecular weight excluding hydrogens is 248 g/mol. The highest BCUT2D eigenvalue weighted by Crippen LogP contribution is 2.20. The summed E-state index contributed by atoms with van der Waals surface area (Å²) in [5.74, 6) is 0.518. The zero-order valence-electron chi connectivity index (χ0n) is 11.6. The third kappa shape index (κ3) is 5.04. The Morgan fingerprint density at radius 1 is 1.56 bits per heavy atom. The Balaban J connectivity index is 2.44. The van der Waals surface area contributed by atoms with Crippen LogP contribution in [0.5, 0.6) is 0 Å². The van der Waals surface area contributed by atoms with Crippen LogP contribution in [0.2, 0.25) is 0 Å². The van der Waals surface area contributed by atoms with E-state index in [9.17, 15) is 4.79 Å². The lowest BCUT2D eigenvalue weighted by Crippen LogP contribution is -2.19. The quantitative estimate of drug-likeness (QED) is 0.714. The maximum atomic E-state index is 11.0. The summed E-state index contributed by atoms with van der Waals surface area (Å²) in [6.07, 6.45) is 2.21. The maximum Gasteiger partial charge on any atom is 0.305 e. The fourth-order valence-electron chi connectivity index (χ4n) is 1.47.